The molecule has 3 aromatic carbocycles. The van der Waals surface area contributed by atoms with Gasteiger partial charge < -0.3 is 22.9 Å². The Labute approximate surface area is 275 Å². The number of rotatable bonds is 14. The minimum absolute atomic E-state index is 0.0913. The molecule has 0 aliphatic carbocycles. The third kappa shape index (κ3) is 10.6. The van der Waals surface area contributed by atoms with Crippen LogP contribution in [0.1, 0.15) is 39.7 Å². The van der Waals surface area contributed by atoms with E-state index in [0.29, 0.717) is 17.9 Å². The molecule has 0 unspecified atom stereocenters. The van der Waals surface area contributed by atoms with Crippen molar-refractivity contribution in [3.05, 3.63) is 77.4 Å². The van der Waals surface area contributed by atoms with E-state index in [9.17, 15) is 16.8 Å². The highest BCUT2D eigenvalue weighted by molar-refractivity contribution is 7.86. The van der Waals surface area contributed by atoms with Crippen LogP contribution < -0.4 is 22.9 Å². The van der Waals surface area contributed by atoms with E-state index in [1.807, 2.05) is 102 Å². The first-order valence-corrected chi connectivity index (χ1v) is 18.5. The van der Waals surface area contributed by atoms with Gasteiger partial charge in [0.2, 0.25) is 0 Å². The highest BCUT2D eigenvalue weighted by Crippen LogP contribution is 2.44. The first-order chi connectivity index (χ1) is 21.3. The lowest BCUT2D eigenvalue weighted by Gasteiger charge is -2.25. The summed E-state index contributed by atoms with van der Waals surface area (Å²) in [5.41, 5.74) is 7.97. The molecule has 3 rings (SSSR count). The second-order valence-electron chi connectivity index (χ2n) is 12.1. The van der Waals surface area contributed by atoms with Gasteiger partial charge in [0.05, 0.1) is 12.5 Å². The lowest BCUT2D eigenvalue weighted by atomic mass is 9.94. The Balaban J connectivity index is 2.22. The van der Waals surface area contributed by atoms with E-state index in [1.54, 1.807) is 18.2 Å². The number of nitrogens with zero attached hydrogens (tertiary/aromatic N) is 2. The van der Waals surface area contributed by atoms with Crippen LogP contribution in [-0.4, -0.2) is 64.1 Å². The maximum Gasteiger partial charge on any atom is 0.306 e. The van der Waals surface area contributed by atoms with E-state index < -0.39 is 20.2 Å². The van der Waals surface area contributed by atoms with Gasteiger partial charge in [0.25, 0.3) is 0 Å². The Morgan fingerprint density at radius 3 is 1.61 bits per heavy atom. The van der Waals surface area contributed by atoms with Gasteiger partial charge >= 0.3 is 20.2 Å². The summed E-state index contributed by atoms with van der Waals surface area (Å²) in [6.45, 7) is 8.23. The van der Waals surface area contributed by atoms with Gasteiger partial charge in [-0.2, -0.15) is 16.8 Å². The molecule has 0 aliphatic heterocycles. The Bertz CT molecular complexity index is 1700. The predicted octanol–water partition coefficient (Wildman–Crippen LogP) is 7.07. The third-order valence-corrected chi connectivity index (χ3v) is 7.85. The van der Waals surface area contributed by atoms with Crippen LogP contribution >= 0.6 is 0 Å². The van der Waals surface area contributed by atoms with E-state index in [4.69, 9.17) is 13.1 Å². The van der Waals surface area contributed by atoms with Crippen molar-refractivity contribution >= 4 is 31.6 Å². The highest BCUT2D eigenvalue weighted by atomic mass is 32.2. The summed E-state index contributed by atoms with van der Waals surface area (Å²) in [6, 6.07) is 15.0. The molecule has 46 heavy (non-hydrogen) atoms. The zero-order valence-corrected chi connectivity index (χ0v) is 30.1. The minimum Gasteiger partial charge on any atom is -0.486 e. The topological polar surface area (TPSA) is 102 Å². The number of aryl methyl sites for hydroxylation is 1. The maximum atomic E-state index is 12.2. The van der Waals surface area contributed by atoms with Crippen LogP contribution in [-0.2, 0) is 26.7 Å². The van der Waals surface area contributed by atoms with Crippen LogP contribution in [0.2, 0.25) is 0 Å². The van der Waals surface area contributed by atoms with Crippen molar-refractivity contribution in [2.75, 3.05) is 57.1 Å². The summed E-state index contributed by atoms with van der Waals surface area (Å²) < 4.78 is 65.5. The van der Waals surface area contributed by atoms with Gasteiger partial charge in [-0.1, -0.05) is 35.4 Å². The van der Waals surface area contributed by atoms with Gasteiger partial charge in [-0.25, -0.2) is 0 Å². The molecule has 11 heteroatoms. The zero-order chi connectivity index (χ0) is 34.4. The van der Waals surface area contributed by atoms with Crippen LogP contribution in [0.5, 0.6) is 17.2 Å². The smallest absolute Gasteiger partial charge is 0.306 e. The first-order valence-electron chi connectivity index (χ1n) is 14.8. The highest BCUT2D eigenvalue weighted by Gasteiger charge is 2.20. The SMILES string of the molecule is CC(C)=CCCc1ccc(-c2cc(N(C)C)c(-c3ccc(OCC=C(C)C)c(OS(C)(=O)=O)c3)cc2N(C)C)cc1OS(C)(=O)=O. The molecule has 0 heterocycles. The Kier molecular flexibility index (Phi) is 12.0. The maximum absolute atomic E-state index is 12.2. The fraction of sp³-hybridized carbons (Fsp3) is 0.371. The molecule has 250 valence electrons. The fourth-order valence-electron chi connectivity index (χ4n) is 4.79. The number of ether oxygens (including phenoxy) is 1. The number of benzene rings is 3. The Hall–Kier alpha value is -3.96. The monoisotopic (exact) mass is 670 g/mol. The molecule has 9 nitrogen and oxygen atoms in total. The van der Waals surface area contributed by atoms with E-state index in [0.717, 1.165) is 63.7 Å². The van der Waals surface area contributed by atoms with Crippen molar-refractivity contribution in [3.63, 3.8) is 0 Å². The lowest BCUT2D eigenvalue weighted by Crippen LogP contribution is -2.14. The molecular weight excluding hydrogens is 625 g/mol. The number of allylic oxidation sites excluding steroid dienone is 3. The van der Waals surface area contributed by atoms with Crippen LogP contribution in [0.15, 0.2) is 71.8 Å². The molecule has 0 bridgehead atoms. The lowest BCUT2D eigenvalue weighted by molar-refractivity contribution is 0.347. The number of hydrogen-bond acceptors (Lipinski definition) is 9. The van der Waals surface area contributed by atoms with Crippen LogP contribution in [0.4, 0.5) is 11.4 Å². The van der Waals surface area contributed by atoms with E-state index in [1.165, 1.54) is 5.57 Å². The fourth-order valence-corrected chi connectivity index (χ4v) is 5.72. The molecule has 0 aliphatic rings. The number of anilines is 2. The van der Waals surface area contributed by atoms with E-state index in [-0.39, 0.29) is 12.4 Å². The minimum atomic E-state index is -3.83. The van der Waals surface area contributed by atoms with Crippen molar-refractivity contribution in [1.82, 2.24) is 0 Å². The molecule has 0 N–H and O–H groups in total. The molecule has 0 atom stereocenters. The summed E-state index contributed by atoms with van der Waals surface area (Å²) in [7, 11) is 0.107. The second-order valence-corrected chi connectivity index (χ2v) is 15.3. The van der Waals surface area contributed by atoms with Crippen molar-refractivity contribution in [2.45, 2.75) is 40.5 Å². The van der Waals surface area contributed by atoms with Crippen LogP contribution in [0, 0.1) is 0 Å². The molecule has 3 aromatic rings. The van der Waals surface area contributed by atoms with Gasteiger partial charge in [0.1, 0.15) is 12.4 Å². The van der Waals surface area contributed by atoms with Crippen molar-refractivity contribution < 1.29 is 29.9 Å². The van der Waals surface area contributed by atoms with Gasteiger partial charge in [-0.05, 0) is 93.6 Å². The summed E-state index contributed by atoms with van der Waals surface area (Å²) in [6.07, 6.45) is 7.44. The van der Waals surface area contributed by atoms with Gasteiger partial charge in [-0.3, -0.25) is 0 Å². The van der Waals surface area contributed by atoms with E-state index in [2.05, 4.69) is 6.08 Å². The molecule has 0 radical (unpaired) electrons. The summed E-state index contributed by atoms with van der Waals surface area (Å²) in [5, 5.41) is 0. The average molecular weight is 671 g/mol. The van der Waals surface area contributed by atoms with E-state index >= 15 is 0 Å². The van der Waals surface area contributed by atoms with Crippen LogP contribution in [0.3, 0.4) is 0 Å². The summed E-state index contributed by atoms with van der Waals surface area (Å²) in [5.74, 6) is 0.702. The van der Waals surface area contributed by atoms with Crippen molar-refractivity contribution in [1.29, 1.82) is 0 Å². The van der Waals surface area contributed by atoms with Gasteiger partial charge in [-0.15, -0.1) is 0 Å². The molecule has 0 saturated heterocycles. The molecule has 0 saturated carbocycles. The Morgan fingerprint density at radius 2 is 1.13 bits per heavy atom. The summed E-state index contributed by atoms with van der Waals surface area (Å²) >= 11 is 0. The third-order valence-electron chi connectivity index (χ3n) is 6.89. The van der Waals surface area contributed by atoms with Crippen LogP contribution in [0.25, 0.3) is 22.3 Å². The largest absolute Gasteiger partial charge is 0.486 e. The molecule has 0 aromatic heterocycles. The van der Waals surface area contributed by atoms with Crippen molar-refractivity contribution in [2.24, 2.45) is 0 Å². The molecule has 0 fully saturated rings. The number of hydrogen-bond donors (Lipinski definition) is 0. The van der Waals surface area contributed by atoms with Crippen molar-refractivity contribution in [3.8, 4) is 39.5 Å². The Morgan fingerprint density at radius 1 is 0.652 bits per heavy atom. The quantitative estimate of drug-likeness (QED) is 0.132. The first kappa shape index (κ1) is 36.5. The summed E-state index contributed by atoms with van der Waals surface area (Å²) in [4.78, 5) is 3.94. The molecule has 0 amide bonds. The van der Waals surface area contributed by atoms with Gasteiger partial charge in [0, 0.05) is 50.7 Å². The predicted molar refractivity (Wildman–Crippen MR) is 190 cm³/mol. The molecule has 0 spiro atoms. The second kappa shape index (κ2) is 15.1. The normalized spacial score (nSPS) is 11.4. The van der Waals surface area contributed by atoms with Gasteiger partial charge in [0.15, 0.2) is 11.5 Å². The molecular formula is C35H46N2O7S2. The standard InChI is InChI=1S/C35H46N2O7S2/c1-24(2)12-11-13-26-14-15-27(20-34(26)43-45(9,38)39)29-22-32(37(7)8)30(23-31(29)36(5)6)28-16-17-33(42-19-18-25(3)4)35(21-28)44-46(10,40)41/h12,14-18,20-23H,11,13,19H2,1-10H3. The average Bonchev–Trinajstić information content (AvgIpc) is 2.91. The zero-order valence-electron chi connectivity index (χ0n) is 28.5.